The van der Waals surface area contributed by atoms with Crippen molar-refractivity contribution in [1.29, 1.82) is 0 Å². The minimum Gasteiger partial charge on any atom is -0.506 e. The summed E-state index contributed by atoms with van der Waals surface area (Å²) in [5.41, 5.74) is -0.631. The number of nitro groups is 1. The number of hydrogen-bond acceptors (Lipinski definition) is 5. The molecule has 0 fully saturated rings. The van der Waals surface area contributed by atoms with Gasteiger partial charge in [-0.2, -0.15) is 0 Å². The Morgan fingerprint density at radius 1 is 1.53 bits per heavy atom. The second-order valence-corrected chi connectivity index (χ2v) is 2.41. The Morgan fingerprint density at radius 2 is 2.13 bits per heavy atom. The molecule has 1 radical (unpaired) electrons. The van der Waals surface area contributed by atoms with Crippen molar-refractivity contribution < 1.29 is 52.3 Å². The molecule has 0 amide bonds. The number of rotatable bonds is 3. The monoisotopic (exact) mass is 285 g/mol. The Bertz CT molecular complexity index is 393. The molecule has 0 aliphatic carbocycles. The molecule has 1 aromatic carbocycles. The van der Waals surface area contributed by atoms with Crippen LogP contribution in [0.2, 0.25) is 0 Å². The molecule has 1 aromatic rings. The van der Waals surface area contributed by atoms with E-state index < -0.39 is 16.4 Å². The molecule has 1 N–H and O–H groups in total. The maximum Gasteiger partial charge on any atom is 0.262 e. The molecule has 0 heterocycles. The molecule has 0 bridgehead atoms. The van der Waals surface area contributed by atoms with Gasteiger partial charge in [0.15, 0.2) is 0 Å². The fourth-order valence-electron chi connectivity index (χ4n) is 0.947. The minimum atomic E-state index is -0.807. The number of benzene rings is 1. The van der Waals surface area contributed by atoms with E-state index in [1.165, 1.54) is 13.4 Å². The van der Waals surface area contributed by atoms with Gasteiger partial charge in [0.1, 0.15) is 5.75 Å². The van der Waals surface area contributed by atoms with Crippen molar-refractivity contribution in [2.45, 2.75) is 0 Å². The van der Waals surface area contributed by atoms with Crippen LogP contribution in [0.3, 0.4) is 0 Å². The van der Waals surface area contributed by atoms with Gasteiger partial charge in [0.05, 0.1) is 18.3 Å². The SMILES string of the molecule is COc1cc([C-]=O)cc([N+](=O)[O-])c1O.[Y]. The number of methoxy groups -OCH3 is 1. The molecule has 0 aliphatic rings. The van der Waals surface area contributed by atoms with Gasteiger partial charge >= 0.3 is 0 Å². The minimum absolute atomic E-state index is 0. The summed E-state index contributed by atoms with van der Waals surface area (Å²) in [5.74, 6) is -0.728. The molecule has 0 saturated carbocycles. The largest absolute Gasteiger partial charge is 0.506 e. The normalized spacial score (nSPS) is 8.87. The third kappa shape index (κ3) is 2.97. The molecule has 0 atom stereocenters. The van der Waals surface area contributed by atoms with E-state index in [0.717, 1.165) is 12.1 Å². The maximum absolute atomic E-state index is 10.4. The Morgan fingerprint density at radius 3 is 2.53 bits per heavy atom. The van der Waals surface area contributed by atoms with Crippen LogP contribution in [-0.2, 0) is 37.5 Å². The first-order chi connectivity index (χ1) is 6.60. The van der Waals surface area contributed by atoms with Crippen LogP contribution in [0.4, 0.5) is 5.69 Å². The summed E-state index contributed by atoms with van der Waals surface area (Å²) in [5, 5.41) is 19.7. The van der Waals surface area contributed by atoms with Crippen LogP contribution in [0.5, 0.6) is 11.5 Å². The van der Waals surface area contributed by atoms with E-state index in [2.05, 4.69) is 4.74 Å². The zero-order valence-electron chi connectivity index (χ0n) is 7.76. The second-order valence-electron chi connectivity index (χ2n) is 2.41. The third-order valence-electron chi connectivity index (χ3n) is 1.59. The van der Waals surface area contributed by atoms with E-state index in [9.17, 15) is 20.0 Å². The number of phenols is 1. The first kappa shape index (κ1) is 14.0. The van der Waals surface area contributed by atoms with Gasteiger partial charge in [-0.3, -0.25) is 10.1 Å². The van der Waals surface area contributed by atoms with Gasteiger partial charge in [-0.1, -0.05) is 6.07 Å². The number of phenolic OH excluding ortho intramolecular Hbond substituents is 1. The molecular formula is C8H6NO5Y-. The van der Waals surface area contributed by atoms with Crippen molar-refractivity contribution in [2.24, 2.45) is 0 Å². The Balaban J connectivity index is 0.00000196. The van der Waals surface area contributed by atoms with Gasteiger partial charge in [0, 0.05) is 32.7 Å². The summed E-state index contributed by atoms with van der Waals surface area (Å²) >= 11 is 0. The topological polar surface area (TPSA) is 89.7 Å². The van der Waals surface area contributed by atoms with Crippen molar-refractivity contribution in [3.63, 3.8) is 0 Å². The first-order valence-corrected chi connectivity index (χ1v) is 3.53. The van der Waals surface area contributed by atoms with Crippen LogP contribution in [0.1, 0.15) is 5.56 Å². The average Bonchev–Trinajstić information content (AvgIpc) is 2.17. The standard InChI is InChI=1S/C8H6NO5.Y/c1-14-7-3-5(4-10)2-6(8(7)11)9(12)13;/h2-3,11H,1H3;/q-1;. The zero-order chi connectivity index (χ0) is 10.7. The number of nitro benzene ring substituents is 1. The zero-order valence-corrected chi connectivity index (χ0v) is 10.6. The van der Waals surface area contributed by atoms with E-state index in [1.54, 1.807) is 0 Å². The van der Waals surface area contributed by atoms with E-state index in [-0.39, 0.29) is 44.0 Å². The summed E-state index contributed by atoms with van der Waals surface area (Å²) in [6, 6.07) is 2.08. The molecule has 7 heteroatoms. The van der Waals surface area contributed by atoms with E-state index >= 15 is 0 Å². The predicted molar refractivity (Wildman–Crippen MR) is 46.1 cm³/mol. The van der Waals surface area contributed by atoms with Gasteiger partial charge in [-0.05, 0) is 0 Å². The Hall–Kier alpha value is -1.01. The van der Waals surface area contributed by atoms with Crippen LogP contribution in [0, 0.1) is 10.1 Å². The number of hydrogen-bond donors (Lipinski definition) is 1. The van der Waals surface area contributed by atoms with Gasteiger partial charge in [-0.15, -0.1) is 11.6 Å². The summed E-state index contributed by atoms with van der Waals surface area (Å²) in [4.78, 5) is 19.9. The quantitative estimate of drug-likeness (QED) is 0.503. The van der Waals surface area contributed by atoms with Crippen molar-refractivity contribution >= 4 is 12.0 Å². The second kappa shape index (κ2) is 5.77. The van der Waals surface area contributed by atoms with E-state index in [4.69, 9.17) is 0 Å². The molecule has 0 saturated heterocycles. The summed E-state index contributed by atoms with van der Waals surface area (Å²) in [6.45, 7) is 0. The van der Waals surface area contributed by atoms with Crippen molar-refractivity contribution in [1.82, 2.24) is 0 Å². The van der Waals surface area contributed by atoms with Crippen molar-refractivity contribution in [3.05, 3.63) is 27.8 Å². The van der Waals surface area contributed by atoms with Crippen LogP contribution in [0.15, 0.2) is 12.1 Å². The molecule has 0 unspecified atom stereocenters. The molecule has 0 spiro atoms. The summed E-state index contributed by atoms with van der Waals surface area (Å²) < 4.78 is 4.64. The molecular weight excluding hydrogens is 279 g/mol. The number of nitrogens with zero attached hydrogens (tertiary/aromatic N) is 1. The molecule has 0 aromatic heterocycles. The molecule has 1 rings (SSSR count). The first-order valence-electron chi connectivity index (χ1n) is 3.53. The van der Waals surface area contributed by atoms with Gasteiger partial charge < -0.3 is 14.6 Å². The summed E-state index contributed by atoms with van der Waals surface area (Å²) in [7, 11) is 1.23. The van der Waals surface area contributed by atoms with Crippen LogP contribution >= 0.6 is 0 Å². The van der Waals surface area contributed by atoms with E-state index in [0.29, 0.717) is 0 Å². The smallest absolute Gasteiger partial charge is 0.262 e. The number of carbonyl (C=O) groups excluding carboxylic acids is 1. The van der Waals surface area contributed by atoms with Gasteiger partial charge in [-0.25, -0.2) is 0 Å². The fraction of sp³-hybridized carbons (Fsp3) is 0.125. The maximum atomic E-state index is 10.4. The van der Waals surface area contributed by atoms with Gasteiger partial charge in [0.2, 0.25) is 5.75 Å². The van der Waals surface area contributed by atoms with E-state index in [1.807, 2.05) is 0 Å². The Labute approximate surface area is 110 Å². The molecule has 6 nitrogen and oxygen atoms in total. The third-order valence-corrected chi connectivity index (χ3v) is 1.59. The van der Waals surface area contributed by atoms with Crippen molar-refractivity contribution in [3.8, 4) is 11.5 Å². The van der Waals surface area contributed by atoms with Gasteiger partial charge in [0.25, 0.3) is 5.69 Å². The van der Waals surface area contributed by atoms with Crippen LogP contribution in [-0.4, -0.2) is 23.4 Å². The summed E-state index contributed by atoms with van der Waals surface area (Å²) in [6.07, 6.45) is 1.48. The molecule has 77 valence electrons. The Kier molecular flexibility index (Phi) is 5.39. The molecule has 15 heavy (non-hydrogen) atoms. The van der Waals surface area contributed by atoms with Crippen molar-refractivity contribution in [2.75, 3.05) is 7.11 Å². The van der Waals surface area contributed by atoms with Crippen LogP contribution in [0.25, 0.3) is 0 Å². The van der Waals surface area contributed by atoms with Crippen LogP contribution < -0.4 is 4.74 Å². The fourth-order valence-corrected chi connectivity index (χ4v) is 0.947. The predicted octanol–water partition coefficient (Wildman–Crippen LogP) is 0.764. The number of ether oxygens (including phenoxy) is 1. The number of aromatic hydroxyl groups is 1. The average molecular weight is 285 g/mol. The molecule has 0 aliphatic heterocycles.